The molecule has 102 valence electrons. The Kier molecular flexibility index (Phi) is 6.48. The molecule has 0 radical (unpaired) electrons. The number of benzene rings is 1. The third-order valence-corrected chi connectivity index (χ3v) is 2.76. The van der Waals surface area contributed by atoms with Crippen LogP contribution in [0.2, 0.25) is 0 Å². The lowest BCUT2D eigenvalue weighted by Gasteiger charge is -2.12. The van der Waals surface area contributed by atoms with Gasteiger partial charge < -0.3 is 16.0 Å². The molecule has 0 aliphatic carbocycles. The smallest absolute Gasteiger partial charge is 0.319 e. The molecular formula is C15H21N3O. The highest BCUT2D eigenvalue weighted by Gasteiger charge is 2.05. The zero-order valence-corrected chi connectivity index (χ0v) is 11.5. The number of urea groups is 1. The lowest BCUT2D eigenvalue weighted by atomic mass is 10.1. The van der Waals surface area contributed by atoms with Gasteiger partial charge in [0.25, 0.3) is 0 Å². The van der Waals surface area contributed by atoms with Crippen LogP contribution in [0.25, 0.3) is 0 Å². The maximum Gasteiger partial charge on any atom is 0.319 e. The minimum atomic E-state index is -0.172. The number of para-hydroxylation sites is 1. The minimum absolute atomic E-state index is 0.172. The van der Waals surface area contributed by atoms with E-state index in [9.17, 15) is 4.79 Å². The number of nitrogens with one attached hydrogen (secondary N) is 3. The van der Waals surface area contributed by atoms with Crippen molar-refractivity contribution in [3.8, 4) is 12.3 Å². The van der Waals surface area contributed by atoms with Gasteiger partial charge in [-0.2, -0.15) is 0 Å². The zero-order chi connectivity index (χ0) is 14.1. The van der Waals surface area contributed by atoms with Gasteiger partial charge in [-0.15, -0.1) is 6.42 Å². The van der Waals surface area contributed by atoms with Crippen molar-refractivity contribution in [1.82, 2.24) is 10.6 Å². The summed E-state index contributed by atoms with van der Waals surface area (Å²) in [4.78, 5) is 11.7. The molecule has 0 saturated heterocycles. The second-order valence-corrected chi connectivity index (χ2v) is 4.38. The fraction of sp³-hybridized carbons (Fsp3) is 0.400. The van der Waals surface area contributed by atoms with E-state index in [1.165, 1.54) is 0 Å². The van der Waals surface area contributed by atoms with Crippen molar-refractivity contribution in [2.24, 2.45) is 0 Å². The van der Waals surface area contributed by atoms with Gasteiger partial charge in [-0.25, -0.2) is 4.79 Å². The third kappa shape index (κ3) is 5.45. The molecule has 2 amide bonds. The number of hydrogen-bond donors (Lipinski definition) is 3. The molecule has 0 heterocycles. The first-order valence-corrected chi connectivity index (χ1v) is 6.40. The zero-order valence-electron chi connectivity index (χ0n) is 11.5. The highest BCUT2D eigenvalue weighted by molar-refractivity contribution is 5.90. The van der Waals surface area contributed by atoms with Crippen molar-refractivity contribution in [1.29, 1.82) is 0 Å². The molecular weight excluding hydrogens is 238 g/mol. The Bertz CT molecular complexity index is 443. The normalized spacial score (nSPS) is 9.74. The highest BCUT2D eigenvalue weighted by atomic mass is 16.2. The summed E-state index contributed by atoms with van der Waals surface area (Å²) in [6.45, 7) is 5.94. The highest BCUT2D eigenvalue weighted by Crippen LogP contribution is 2.18. The summed E-state index contributed by atoms with van der Waals surface area (Å²) in [6, 6.07) is 5.76. The number of carbonyl (C=O) groups excluding carboxylic acids is 1. The lowest BCUT2D eigenvalue weighted by Crippen LogP contribution is -2.31. The number of rotatable bonds is 6. The van der Waals surface area contributed by atoms with Crippen LogP contribution in [0.1, 0.15) is 17.5 Å². The number of amides is 2. The standard InChI is InChI=1S/C15H21N3O/c1-4-9-16-10-6-11-17-15(19)18-14-12(2)7-5-8-13(14)3/h1,5,7-8,16H,6,9-11H2,2-3H3,(H2,17,18,19). The molecule has 4 nitrogen and oxygen atoms in total. The predicted molar refractivity (Wildman–Crippen MR) is 79.3 cm³/mol. The van der Waals surface area contributed by atoms with Crippen LogP contribution < -0.4 is 16.0 Å². The molecule has 4 heteroatoms. The van der Waals surface area contributed by atoms with Gasteiger partial charge >= 0.3 is 6.03 Å². The predicted octanol–water partition coefficient (Wildman–Crippen LogP) is 2.04. The van der Waals surface area contributed by atoms with E-state index in [2.05, 4.69) is 21.9 Å². The third-order valence-electron chi connectivity index (χ3n) is 2.76. The second-order valence-electron chi connectivity index (χ2n) is 4.38. The van der Waals surface area contributed by atoms with E-state index in [-0.39, 0.29) is 6.03 Å². The summed E-state index contributed by atoms with van der Waals surface area (Å²) < 4.78 is 0. The number of carbonyl (C=O) groups is 1. The fourth-order valence-electron chi connectivity index (χ4n) is 1.75. The van der Waals surface area contributed by atoms with Crippen molar-refractivity contribution in [3.63, 3.8) is 0 Å². The average molecular weight is 259 g/mol. The van der Waals surface area contributed by atoms with Crippen LogP contribution in [0.4, 0.5) is 10.5 Å². The molecule has 0 aromatic heterocycles. The van der Waals surface area contributed by atoms with Crippen LogP contribution in [0, 0.1) is 26.2 Å². The summed E-state index contributed by atoms with van der Waals surface area (Å²) in [5.41, 5.74) is 3.00. The number of terminal acetylenes is 1. The average Bonchev–Trinajstić information content (AvgIpc) is 2.38. The second kappa shape index (κ2) is 8.17. The molecule has 0 spiro atoms. The number of anilines is 1. The van der Waals surface area contributed by atoms with Crippen molar-refractivity contribution in [3.05, 3.63) is 29.3 Å². The number of aryl methyl sites for hydroxylation is 2. The summed E-state index contributed by atoms with van der Waals surface area (Å²) in [5.74, 6) is 2.50. The Morgan fingerprint density at radius 3 is 2.58 bits per heavy atom. The van der Waals surface area contributed by atoms with E-state index in [0.29, 0.717) is 13.1 Å². The summed E-state index contributed by atoms with van der Waals surface area (Å²) in [5, 5.41) is 8.77. The Hall–Kier alpha value is -1.99. The molecule has 1 aromatic rings. The monoisotopic (exact) mass is 259 g/mol. The van der Waals surface area contributed by atoms with Crippen LogP contribution >= 0.6 is 0 Å². The molecule has 0 fully saturated rings. The maximum absolute atomic E-state index is 11.7. The topological polar surface area (TPSA) is 53.2 Å². The largest absolute Gasteiger partial charge is 0.338 e. The van der Waals surface area contributed by atoms with Crippen LogP contribution in [-0.2, 0) is 0 Å². The summed E-state index contributed by atoms with van der Waals surface area (Å²) in [6.07, 6.45) is 5.96. The molecule has 1 aromatic carbocycles. The minimum Gasteiger partial charge on any atom is -0.338 e. The molecule has 0 atom stereocenters. The van der Waals surface area contributed by atoms with Gasteiger partial charge in [0.2, 0.25) is 0 Å². The van der Waals surface area contributed by atoms with E-state index >= 15 is 0 Å². The first-order valence-electron chi connectivity index (χ1n) is 6.40. The summed E-state index contributed by atoms with van der Waals surface area (Å²) in [7, 11) is 0. The van der Waals surface area contributed by atoms with Gasteiger partial charge in [-0.05, 0) is 37.9 Å². The van der Waals surface area contributed by atoms with Crippen molar-refractivity contribution in [2.45, 2.75) is 20.3 Å². The van der Waals surface area contributed by atoms with Crippen LogP contribution in [-0.4, -0.2) is 25.7 Å². The Morgan fingerprint density at radius 1 is 1.26 bits per heavy atom. The van der Waals surface area contributed by atoms with E-state index in [4.69, 9.17) is 6.42 Å². The summed E-state index contributed by atoms with van der Waals surface area (Å²) >= 11 is 0. The lowest BCUT2D eigenvalue weighted by molar-refractivity contribution is 0.252. The van der Waals surface area contributed by atoms with Crippen LogP contribution in [0.3, 0.4) is 0 Å². The molecule has 0 aliphatic rings. The molecule has 0 bridgehead atoms. The quantitative estimate of drug-likeness (QED) is 0.541. The van der Waals surface area contributed by atoms with E-state index in [0.717, 1.165) is 29.8 Å². The Labute approximate surface area is 115 Å². The van der Waals surface area contributed by atoms with Crippen molar-refractivity contribution in [2.75, 3.05) is 25.0 Å². The van der Waals surface area contributed by atoms with Crippen molar-refractivity contribution < 1.29 is 4.79 Å². The first kappa shape index (κ1) is 15.1. The molecule has 0 saturated carbocycles. The molecule has 19 heavy (non-hydrogen) atoms. The van der Waals surface area contributed by atoms with Gasteiger partial charge in [0.15, 0.2) is 0 Å². The molecule has 3 N–H and O–H groups in total. The van der Waals surface area contributed by atoms with Gasteiger partial charge in [-0.1, -0.05) is 24.1 Å². The molecule has 1 rings (SSSR count). The SMILES string of the molecule is C#CCNCCCNC(=O)Nc1c(C)cccc1C. The van der Waals surface area contributed by atoms with E-state index in [1.807, 2.05) is 32.0 Å². The molecule has 0 aliphatic heterocycles. The van der Waals surface area contributed by atoms with Crippen LogP contribution in [0.5, 0.6) is 0 Å². The molecule has 0 unspecified atom stereocenters. The number of hydrogen-bond acceptors (Lipinski definition) is 2. The van der Waals surface area contributed by atoms with Gasteiger partial charge in [0, 0.05) is 12.2 Å². The van der Waals surface area contributed by atoms with Crippen LogP contribution in [0.15, 0.2) is 18.2 Å². The Morgan fingerprint density at radius 2 is 1.95 bits per heavy atom. The van der Waals surface area contributed by atoms with Crippen molar-refractivity contribution >= 4 is 11.7 Å². The van der Waals surface area contributed by atoms with E-state index in [1.54, 1.807) is 0 Å². The maximum atomic E-state index is 11.7. The van der Waals surface area contributed by atoms with Gasteiger partial charge in [-0.3, -0.25) is 0 Å². The fourth-order valence-corrected chi connectivity index (χ4v) is 1.75. The van der Waals surface area contributed by atoms with E-state index < -0.39 is 0 Å². The van der Waals surface area contributed by atoms with Gasteiger partial charge in [0.05, 0.1) is 6.54 Å². The first-order chi connectivity index (χ1) is 9.15. The Balaban J connectivity index is 2.30. The van der Waals surface area contributed by atoms with Gasteiger partial charge in [0.1, 0.15) is 0 Å².